The van der Waals surface area contributed by atoms with Gasteiger partial charge in [0.05, 0.1) is 0 Å². The normalized spacial score (nSPS) is 20.3. The summed E-state index contributed by atoms with van der Waals surface area (Å²) in [5.41, 5.74) is 0. The zero-order chi connectivity index (χ0) is 13.5. The SMILES string of the molecule is C#CCCCCC(=O)N1CCC(NCC2CC2)CC1. The average Bonchev–Trinajstić information content (AvgIpc) is 3.26. The van der Waals surface area contributed by atoms with Crippen molar-refractivity contribution >= 4 is 5.91 Å². The molecule has 0 spiro atoms. The summed E-state index contributed by atoms with van der Waals surface area (Å²) in [5, 5.41) is 3.64. The number of rotatable bonds is 7. The summed E-state index contributed by atoms with van der Waals surface area (Å²) in [5.74, 6) is 3.88. The van der Waals surface area contributed by atoms with Gasteiger partial charge < -0.3 is 10.2 Å². The molecule has 1 heterocycles. The van der Waals surface area contributed by atoms with E-state index >= 15 is 0 Å². The topological polar surface area (TPSA) is 32.3 Å². The van der Waals surface area contributed by atoms with Crippen LogP contribution in [-0.4, -0.2) is 36.5 Å². The Morgan fingerprint density at radius 2 is 1.95 bits per heavy atom. The summed E-state index contributed by atoms with van der Waals surface area (Å²) in [7, 11) is 0. The summed E-state index contributed by atoms with van der Waals surface area (Å²) in [6, 6.07) is 0.631. The molecule has 2 fully saturated rings. The highest BCUT2D eigenvalue weighted by Crippen LogP contribution is 2.28. The summed E-state index contributed by atoms with van der Waals surface area (Å²) in [4.78, 5) is 14.0. The Kier molecular flexibility index (Phi) is 5.72. The van der Waals surface area contributed by atoms with E-state index in [9.17, 15) is 4.79 Å². The second kappa shape index (κ2) is 7.55. The maximum absolute atomic E-state index is 12.0. The second-order valence-electron chi connectivity index (χ2n) is 5.92. The lowest BCUT2D eigenvalue weighted by Crippen LogP contribution is -2.45. The number of piperidine rings is 1. The first-order valence-corrected chi connectivity index (χ1v) is 7.74. The fraction of sp³-hybridized carbons (Fsp3) is 0.812. The number of carbonyl (C=O) groups excluding carboxylic acids is 1. The molecular formula is C16H26N2O. The van der Waals surface area contributed by atoms with Gasteiger partial charge in [0.15, 0.2) is 0 Å². The lowest BCUT2D eigenvalue weighted by molar-refractivity contribution is -0.132. The maximum atomic E-state index is 12.0. The van der Waals surface area contributed by atoms with E-state index in [1.165, 1.54) is 19.4 Å². The van der Waals surface area contributed by atoms with Crippen molar-refractivity contribution in [1.82, 2.24) is 10.2 Å². The van der Waals surface area contributed by atoms with Gasteiger partial charge in [-0.1, -0.05) is 0 Å². The van der Waals surface area contributed by atoms with Gasteiger partial charge in [0, 0.05) is 32.0 Å². The molecule has 0 atom stereocenters. The number of unbranched alkanes of at least 4 members (excludes halogenated alkanes) is 2. The predicted octanol–water partition coefficient (Wildman–Crippen LogP) is 2.17. The predicted molar refractivity (Wildman–Crippen MR) is 77.6 cm³/mol. The molecular weight excluding hydrogens is 236 g/mol. The zero-order valence-corrected chi connectivity index (χ0v) is 11.9. The van der Waals surface area contributed by atoms with E-state index in [0.29, 0.717) is 18.4 Å². The number of terminal acetylenes is 1. The summed E-state index contributed by atoms with van der Waals surface area (Å²) < 4.78 is 0. The molecule has 19 heavy (non-hydrogen) atoms. The smallest absolute Gasteiger partial charge is 0.222 e. The molecule has 1 amide bonds. The van der Waals surface area contributed by atoms with E-state index in [-0.39, 0.29) is 0 Å². The van der Waals surface area contributed by atoms with Gasteiger partial charge in [-0.2, -0.15) is 0 Å². The van der Waals surface area contributed by atoms with Gasteiger partial charge in [-0.25, -0.2) is 0 Å². The van der Waals surface area contributed by atoms with E-state index in [4.69, 9.17) is 6.42 Å². The molecule has 0 unspecified atom stereocenters. The number of amides is 1. The molecule has 1 aliphatic heterocycles. The monoisotopic (exact) mass is 262 g/mol. The van der Waals surface area contributed by atoms with Crippen LogP contribution in [0.5, 0.6) is 0 Å². The van der Waals surface area contributed by atoms with Crippen molar-refractivity contribution in [2.75, 3.05) is 19.6 Å². The number of nitrogens with one attached hydrogen (secondary N) is 1. The average molecular weight is 262 g/mol. The number of hydrogen-bond donors (Lipinski definition) is 1. The first-order chi connectivity index (χ1) is 9.29. The molecule has 2 rings (SSSR count). The number of hydrogen-bond acceptors (Lipinski definition) is 2. The minimum atomic E-state index is 0.317. The van der Waals surface area contributed by atoms with Gasteiger partial charge in [-0.05, 0) is 51.0 Å². The molecule has 1 aliphatic carbocycles. The van der Waals surface area contributed by atoms with Gasteiger partial charge in [-0.3, -0.25) is 4.79 Å². The number of nitrogens with zero attached hydrogens (tertiary/aromatic N) is 1. The third-order valence-corrected chi connectivity index (χ3v) is 4.20. The second-order valence-corrected chi connectivity index (χ2v) is 5.92. The Balaban J connectivity index is 1.56. The first-order valence-electron chi connectivity index (χ1n) is 7.74. The largest absolute Gasteiger partial charge is 0.343 e. The van der Waals surface area contributed by atoms with Crippen LogP contribution >= 0.6 is 0 Å². The van der Waals surface area contributed by atoms with E-state index in [2.05, 4.69) is 11.2 Å². The van der Waals surface area contributed by atoms with Crippen molar-refractivity contribution in [2.24, 2.45) is 5.92 Å². The number of carbonyl (C=O) groups is 1. The number of likely N-dealkylation sites (tertiary alicyclic amines) is 1. The molecule has 3 nitrogen and oxygen atoms in total. The van der Waals surface area contributed by atoms with Crippen LogP contribution in [0, 0.1) is 18.3 Å². The molecule has 0 aromatic rings. The lowest BCUT2D eigenvalue weighted by atomic mass is 10.0. The molecule has 106 valence electrons. The fourth-order valence-corrected chi connectivity index (χ4v) is 2.65. The van der Waals surface area contributed by atoms with Crippen LogP contribution in [0.4, 0.5) is 0 Å². The van der Waals surface area contributed by atoms with Crippen molar-refractivity contribution in [3.63, 3.8) is 0 Å². The Bertz CT molecular complexity index is 322. The summed E-state index contributed by atoms with van der Waals surface area (Å²) >= 11 is 0. The van der Waals surface area contributed by atoms with Crippen LogP contribution in [0.1, 0.15) is 51.4 Å². The van der Waals surface area contributed by atoms with E-state index in [0.717, 1.165) is 51.1 Å². The maximum Gasteiger partial charge on any atom is 0.222 e. The first kappa shape index (κ1) is 14.4. The van der Waals surface area contributed by atoms with Crippen molar-refractivity contribution in [1.29, 1.82) is 0 Å². The van der Waals surface area contributed by atoms with Crippen molar-refractivity contribution in [3.8, 4) is 12.3 Å². The highest BCUT2D eigenvalue weighted by Gasteiger charge is 2.25. The van der Waals surface area contributed by atoms with Crippen LogP contribution in [0.2, 0.25) is 0 Å². The zero-order valence-electron chi connectivity index (χ0n) is 11.9. The van der Waals surface area contributed by atoms with Crippen molar-refractivity contribution < 1.29 is 4.79 Å². The molecule has 0 aromatic carbocycles. The summed E-state index contributed by atoms with van der Waals surface area (Å²) in [6.07, 6.45) is 13.6. The van der Waals surface area contributed by atoms with E-state index < -0.39 is 0 Å². The quantitative estimate of drug-likeness (QED) is 0.563. The fourth-order valence-electron chi connectivity index (χ4n) is 2.65. The minimum absolute atomic E-state index is 0.317. The highest BCUT2D eigenvalue weighted by molar-refractivity contribution is 5.76. The summed E-state index contributed by atoms with van der Waals surface area (Å²) in [6.45, 7) is 3.04. The van der Waals surface area contributed by atoms with Gasteiger partial charge in [0.1, 0.15) is 0 Å². The molecule has 1 saturated heterocycles. The van der Waals surface area contributed by atoms with Crippen LogP contribution in [-0.2, 0) is 4.79 Å². The Morgan fingerprint density at radius 3 is 2.58 bits per heavy atom. The van der Waals surface area contributed by atoms with Crippen LogP contribution in [0.25, 0.3) is 0 Å². The van der Waals surface area contributed by atoms with E-state index in [1.54, 1.807) is 0 Å². The van der Waals surface area contributed by atoms with Gasteiger partial charge in [0.2, 0.25) is 5.91 Å². The van der Waals surface area contributed by atoms with Crippen LogP contribution < -0.4 is 5.32 Å². The van der Waals surface area contributed by atoms with Gasteiger partial charge >= 0.3 is 0 Å². The van der Waals surface area contributed by atoms with Crippen molar-refractivity contribution in [2.45, 2.75) is 57.4 Å². The van der Waals surface area contributed by atoms with Crippen LogP contribution in [0.3, 0.4) is 0 Å². The third-order valence-electron chi connectivity index (χ3n) is 4.20. The van der Waals surface area contributed by atoms with E-state index in [1.807, 2.05) is 4.90 Å². The molecule has 3 heteroatoms. The standard InChI is InChI=1S/C16H26N2O/c1-2-3-4-5-6-16(19)18-11-9-15(10-12-18)17-13-14-7-8-14/h1,14-15,17H,3-13H2. The van der Waals surface area contributed by atoms with Crippen molar-refractivity contribution in [3.05, 3.63) is 0 Å². The lowest BCUT2D eigenvalue weighted by Gasteiger charge is -2.32. The third kappa shape index (κ3) is 5.24. The molecule has 2 aliphatic rings. The molecule has 0 radical (unpaired) electrons. The highest BCUT2D eigenvalue weighted by atomic mass is 16.2. The Morgan fingerprint density at radius 1 is 1.21 bits per heavy atom. The molecule has 0 aromatic heterocycles. The van der Waals surface area contributed by atoms with Gasteiger partial charge in [-0.15, -0.1) is 12.3 Å². The molecule has 1 N–H and O–H groups in total. The Hall–Kier alpha value is -1.01. The van der Waals surface area contributed by atoms with Gasteiger partial charge in [0.25, 0.3) is 0 Å². The molecule has 1 saturated carbocycles. The minimum Gasteiger partial charge on any atom is -0.343 e. The molecule has 0 bridgehead atoms. The van der Waals surface area contributed by atoms with Crippen LogP contribution in [0.15, 0.2) is 0 Å². The Labute approximate surface area is 117 Å².